The number of thioether (sulfide) groups is 1. The van der Waals surface area contributed by atoms with Crippen molar-refractivity contribution in [2.75, 3.05) is 0 Å². The normalized spacial score (nSPS) is 31.5. The van der Waals surface area contributed by atoms with Gasteiger partial charge in [0.1, 0.15) is 0 Å². The molecule has 0 atom stereocenters. The van der Waals surface area contributed by atoms with Crippen molar-refractivity contribution in [1.29, 1.82) is 0 Å². The first kappa shape index (κ1) is 10.4. The molecule has 0 amide bonds. The molecule has 72 valence electrons. The van der Waals surface area contributed by atoms with Crippen LogP contribution in [-0.2, 0) is 0 Å². The van der Waals surface area contributed by atoms with E-state index in [1.165, 1.54) is 0 Å². The van der Waals surface area contributed by atoms with Crippen LogP contribution in [0.4, 0.5) is 0 Å². The van der Waals surface area contributed by atoms with Gasteiger partial charge in [-0.2, -0.15) is 0 Å². The van der Waals surface area contributed by atoms with Crippen LogP contribution in [0.3, 0.4) is 0 Å². The van der Waals surface area contributed by atoms with Gasteiger partial charge in [-0.15, -0.1) is 11.8 Å². The van der Waals surface area contributed by atoms with Gasteiger partial charge in [-0.1, -0.05) is 27.7 Å². The number of hydrogen-bond donors (Lipinski definition) is 1. The van der Waals surface area contributed by atoms with Gasteiger partial charge >= 0.3 is 0 Å². The summed E-state index contributed by atoms with van der Waals surface area (Å²) < 4.78 is 0.427. The molecular formula is C10H20OS. The minimum absolute atomic E-state index is 0.214. The van der Waals surface area contributed by atoms with Gasteiger partial charge in [0.15, 0.2) is 0 Å². The van der Waals surface area contributed by atoms with Crippen LogP contribution < -0.4 is 0 Å². The fourth-order valence-corrected chi connectivity index (χ4v) is 4.98. The summed E-state index contributed by atoms with van der Waals surface area (Å²) in [6.07, 6.45) is 1.79. The van der Waals surface area contributed by atoms with Crippen molar-refractivity contribution in [3.8, 4) is 0 Å². The molecule has 1 aliphatic rings. The van der Waals surface area contributed by atoms with Gasteiger partial charge in [0, 0.05) is 9.49 Å². The summed E-state index contributed by atoms with van der Waals surface area (Å²) in [7, 11) is 0. The zero-order valence-electron chi connectivity index (χ0n) is 8.77. The van der Waals surface area contributed by atoms with Crippen molar-refractivity contribution in [2.45, 2.75) is 62.6 Å². The highest BCUT2D eigenvalue weighted by Crippen LogP contribution is 2.50. The SMILES string of the molecule is CC1(O)CC(C)(C)SC(C)(C)C1. The monoisotopic (exact) mass is 188 g/mol. The topological polar surface area (TPSA) is 20.2 Å². The molecule has 1 fully saturated rings. The summed E-state index contributed by atoms with van der Waals surface area (Å²) in [6.45, 7) is 10.8. The van der Waals surface area contributed by atoms with E-state index >= 15 is 0 Å². The van der Waals surface area contributed by atoms with Crippen molar-refractivity contribution in [2.24, 2.45) is 0 Å². The molecule has 2 heteroatoms. The first-order chi connectivity index (χ1) is 5.12. The third kappa shape index (κ3) is 2.67. The van der Waals surface area contributed by atoms with Crippen LogP contribution in [0.5, 0.6) is 0 Å². The molecule has 0 radical (unpaired) electrons. The number of hydrogen-bond acceptors (Lipinski definition) is 2. The molecule has 1 saturated heterocycles. The van der Waals surface area contributed by atoms with Crippen LogP contribution in [0, 0.1) is 0 Å². The summed E-state index contributed by atoms with van der Waals surface area (Å²) in [5.41, 5.74) is -0.474. The van der Waals surface area contributed by atoms with E-state index in [0.29, 0.717) is 0 Å². The Hall–Kier alpha value is 0.310. The Kier molecular flexibility index (Phi) is 2.29. The molecule has 12 heavy (non-hydrogen) atoms. The molecule has 1 heterocycles. The van der Waals surface area contributed by atoms with Crippen molar-refractivity contribution in [3.63, 3.8) is 0 Å². The summed E-state index contributed by atoms with van der Waals surface area (Å²) in [4.78, 5) is 0. The lowest BCUT2D eigenvalue weighted by Crippen LogP contribution is -2.46. The molecule has 0 aromatic carbocycles. The molecule has 1 nitrogen and oxygen atoms in total. The summed E-state index contributed by atoms with van der Waals surface area (Å²) in [5.74, 6) is 0. The maximum Gasteiger partial charge on any atom is 0.0645 e. The van der Waals surface area contributed by atoms with E-state index in [0.717, 1.165) is 12.8 Å². The van der Waals surface area contributed by atoms with Crippen molar-refractivity contribution >= 4 is 11.8 Å². The van der Waals surface area contributed by atoms with E-state index < -0.39 is 5.60 Å². The van der Waals surface area contributed by atoms with Crippen LogP contribution in [0.2, 0.25) is 0 Å². The largest absolute Gasteiger partial charge is 0.390 e. The Bertz CT molecular complexity index is 137. The molecule has 0 aliphatic carbocycles. The second-order valence-corrected chi connectivity index (χ2v) is 7.89. The Morgan fingerprint density at radius 2 is 1.25 bits per heavy atom. The highest BCUT2D eigenvalue weighted by Gasteiger charge is 2.44. The van der Waals surface area contributed by atoms with Crippen LogP contribution >= 0.6 is 11.8 Å². The summed E-state index contributed by atoms with van der Waals surface area (Å²) >= 11 is 1.99. The molecule has 0 bridgehead atoms. The molecule has 0 aromatic heterocycles. The molecular weight excluding hydrogens is 168 g/mol. The van der Waals surface area contributed by atoms with Gasteiger partial charge in [0.25, 0.3) is 0 Å². The number of aliphatic hydroxyl groups is 1. The third-order valence-corrected chi connectivity index (χ3v) is 3.56. The van der Waals surface area contributed by atoms with Gasteiger partial charge in [-0.3, -0.25) is 0 Å². The number of rotatable bonds is 0. The van der Waals surface area contributed by atoms with E-state index in [-0.39, 0.29) is 9.49 Å². The standard InChI is InChI=1S/C10H20OS/c1-8(2)6-10(5,11)7-9(3,4)12-8/h11H,6-7H2,1-5H3. The Morgan fingerprint density at radius 3 is 1.50 bits per heavy atom. The molecule has 1 aliphatic heterocycles. The zero-order chi connectivity index (χ0) is 9.62. The summed E-state index contributed by atoms with van der Waals surface area (Å²) in [6, 6.07) is 0. The van der Waals surface area contributed by atoms with Crippen molar-refractivity contribution in [1.82, 2.24) is 0 Å². The fraction of sp³-hybridized carbons (Fsp3) is 1.00. The molecule has 0 unspecified atom stereocenters. The molecule has 1 rings (SSSR count). The minimum atomic E-state index is -0.474. The van der Waals surface area contributed by atoms with Crippen LogP contribution in [-0.4, -0.2) is 20.2 Å². The lowest BCUT2D eigenvalue weighted by Gasteiger charge is -2.47. The molecule has 0 saturated carbocycles. The smallest absolute Gasteiger partial charge is 0.0645 e. The van der Waals surface area contributed by atoms with Crippen LogP contribution in [0.1, 0.15) is 47.5 Å². The van der Waals surface area contributed by atoms with Gasteiger partial charge in [-0.25, -0.2) is 0 Å². The first-order valence-corrected chi connectivity index (χ1v) is 5.36. The van der Waals surface area contributed by atoms with Gasteiger partial charge in [-0.05, 0) is 19.8 Å². The molecule has 0 aromatic rings. The maximum absolute atomic E-state index is 10.0. The molecule has 1 N–H and O–H groups in total. The highest BCUT2D eigenvalue weighted by atomic mass is 32.2. The minimum Gasteiger partial charge on any atom is -0.390 e. The van der Waals surface area contributed by atoms with Gasteiger partial charge in [0.05, 0.1) is 5.60 Å². The Morgan fingerprint density at radius 1 is 0.917 bits per heavy atom. The van der Waals surface area contributed by atoms with Crippen LogP contribution in [0.15, 0.2) is 0 Å². The van der Waals surface area contributed by atoms with Gasteiger partial charge in [0.2, 0.25) is 0 Å². The average molecular weight is 188 g/mol. The average Bonchev–Trinajstić information content (AvgIpc) is 1.44. The summed E-state index contributed by atoms with van der Waals surface area (Å²) in [5, 5.41) is 10.0. The Labute approximate surface area is 79.9 Å². The predicted molar refractivity (Wildman–Crippen MR) is 55.6 cm³/mol. The predicted octanol–water partition coefficient (Wildman–Crippen LogP) is 2.82. The second kappa shape index (κ2) is 2.65. The van der Waals surface area contributed by atoms with Gasteiger partial charge < -0.3 is 5.11 Å². The fourth-order valence-electron chi connectivity index (χ4n) is 2.72. The Balaban J connectivity index is 2.81. The lowest BCUT2D eigenvalue weighted by molar-refractivity contribution is 0.0207. The maximum atomic E-state index is 10.0. The zero-order valence-corrected chi connectivity index (χ0v) is 9.59. The highest BCUT2D eigenvalue weighted by molar-refractivity contribution is 8.02. The lowest BCUT2D eigenvalue weighted by atomic mass is 9.85. The van der Waals surface area contributed by atoms with E-state index in [4.69, 9.17) is 0 Å². The van der Waals surface area contributed by atoms with E-state index in [9.17, 15) is 5.11 Å². The quantitative estimate of drug-likeness (QED) is 0.631. The third-order valence-electron chi connectivity index (χ3n) is 2.17. The van der Waals surface area contributed by atoms with Crippen molar-refractivity contribution in [3.05, 3.63) is 0 Å². The van der Waals surface area contributed by atoms with E-state index in [2.05, 4.69) is 27.7 Å². The first-order valence-electron chi connectivity index (χ1n) is 4.55. The second-order valence-electron chi connectivity index (χ2n) is 5.47. The van der Waals surface area contributed by atoms with Crippen LogP contribution in [0.25, 0.3) is 0 Å². The van der Waals surface area contributed by atoms with E-state index in [1.54, 1.807) is 0 Å². The van der Waals surface area contributed by atoms with Crippen molar-refractivity contribution < 1.29 is 5.11 Å². The molecule has 0 spiro atoms. The van der Waals surface area contributed by atoms with E-state index in [1.807, 2.05) is 18.7 Å².